The number of nitrogens with one attached hydrogen (secondary N) is 1. The van der Waals surface area contributed by atoms with Crippen molar-refractivity contribution < 1.29 is 18.5 Å². The predicted molar refractivity (Wildman–Crippen MR) is 92.4 cm³/mol. The topological polar surface area (TPSA) is 73.6 Å². The van der Waals surface area contributed by atoms with Crippen LogP contribution in [0.15, 0.2) is 18.2 Å². The first-order valence-electron chi connectivity index (χ1n) is 8.00. The van der Waals surface area contributed by atoms with E-state index in [2.05, 4.69) is 39.2 Å². The second kappa shape index (κ2) is 6.77. The number of halogens is 1. The van der Waals surface area contributed by atoms with Gasteiger partial charge in [0.1, 0.15) is 11.9 Å². The van der Waals surface area contributed by atoms with E-state index in [1.807, 2.05) is 0 Å². The van der Waals surface area contributed by atoms with E-state index in [-0.39, 0.29) is 28.7 Å². The van der Waals surface area contributed by atoms with Gasteiger partial charge in [0, 0.05) is 25.2 Å². The Hall–Kier alpha value is -1.51. The van der Waals surface area contributed by atoms with Crippen LogP contribution in [0.2, 0.25) is 18.1 Å². The zero-order valence-corrected chi connectivity index (χ0v) is 15.8. The molecule has 24 heavy (non-hydrogen) atoms. The second-order valence-electron chi connectivity index (χ2n) is 7.60. The van der Waals surface area contributed by atoms with Crippen molar-refractivity contribution in [1.82, 2.24) is 5.32 Å². The molecule has 2 rings (SSSR count). The molecule has 0 saturated carbocycles. The Morgan fingerprint density at radius 3 is 2.50 bits per heavy atom. The number of ether oxygens (including phenoxy) is 1. The monoisotopic (exact) mass is 356 g/mol. The van der Waals surface area contributed by atoms with Crippen LogP contribution < -0.4 is 10.1 Å². The summed E-state index contributed by atoms with van der Waals surface area (Å²) in [5.41, 5.74) is -0.241. The van der Waals surface area contributed by atoms with Crippen LogP contribution in [-0.2, 0) is 4.43 Å². The molecular weight excluding hydrogens is 331 g/mol. The van der Waals surface area contributed by atoms with Crippen LogP contribution in [0.25, 0.3) is 0 Å². The molecule has 1 saturated heterocycles. The molecule has 1 N–H and O–H groups in total. The third kappa shape index (κ3) is 4.11. The van der Waals surface area contributed by atoms with Crippen LogP contribution in [-0.4, -0.2) is 38.5 Å². The van der Waals surface area contributed by atoms with Crippen LogP contribution in [0.5, 0.6) is 5.75 Å². The number of hydrogen-bond acceptors (Lipinski definition) is 5. The highest BCUT2D eigenvalue weighted by Crippen LogP contribution is 2.38. The molecule has 1 fully saturated rings. The van der Waals surface area contributed by atoms with Crippen LogP contribution in [0.4, 0.5) is 10.1 Å². The molecule has 1 aromatic rings. The van der Waals surface area contributed by atoms with Crippen molar-refractivity contribution in [3.63, 3.8) is 0 Å². The van der Waals surface area contributed by atoms with Crippen molar-refractivity contribution in [2.45, 2.75) is 51.1 Å². The summed E-state index contributed by atoms with van der Waals surface area (Å²) in [6, 6.07) is 3.23. The molecule has 0 aromatic heterocycles. The van der Waals surface area contributed by atoms with E-state index in [4.69, 9.17) is 9.16 Å². The van der Waals surface area contributed by atoms with Gasteiger partial charge in [-0.05, 0) is 24.2 Å². The standard InChI is InChI=1S/C16H25FN2O4Si/c1-16(2,3)24(4,5)23-15-10-18-9-14(15)22-13-8-11(17)6-7-12(13)19(20)21/h6-8,14-15,18H,9-10H2,1-5H3/t14-,15-/m0/s1. The number of rotatable bonds is 5. The lowest BCUT2D eigenvalue weighted by atomic mass is 10.2. The summed E-state index contributed by atoms with van der Waals surface area (Å²) in [5.74, 6) is -0.624. The summed E-state index contributed by atoms with van der Waals surface area (Å²) in [6.07, 6.45) is -0.603. The maximum Gasteiger partial charge on any atom is 0.311 e. The third-order valence-electron chi connectivity index (χ3n) is 4.75. The normalized spacial score (nSPS) is 21.8. The van der Waals surface area contributed by atoms with E-state index < -0.39 is 19.1 Å². The fourth-order valence-electron chi connectivity index (χ4n) is 2.32. The van der Waals surface area contributed by atoms with Gasteiger partial charge in [0.15, 0.2) is 14.1 Å². The predicted octanol–water partition coefficient (Wildman–Crippen LogP) is 3.47. The van der Waals surface area contributed by atoms with Gasteiger partial charge < -0.3 is 14.5 Å². The molecule has 1 aliphatic heterocycles. The largest absolute Gasteiger partial charge is 0.479 e. The SMILES string of the molecule is CC(C)(C)[Si](C)(C)O[C@H]1CNC[C@@H]1Oc1cc(F)ccc1[N+](=O)[O-]. The number of nitrogens with zero attached hydrogens (tertiary/aromatic N) is 1. The van der Waals surface area contributed by atoms with Crippen LogP contribution in [0.3, 0.4) is 0 Å². The summed E-state index contributed by atoms with van der Waals surface area (Å²) in [4.78, 5) is 10.5. The third-order valence-corrected chi connectivity index (χ3v) is 9.26. The minimum Gasteiger partial charge on any atom is -0.479 e. The van der Waals surface area contributed by atoms with Gasteiger partial charge in [-0.2, -0.15) is 0 Å². The fraction of sp³-hybridized carbons (Fsp3) is 0.625. The summed E-state index contributed by atoms with van der Waals surface area (Å²) in [6.45, 7) is 11.9. The van der Waals surface area contributed by atoms with Gasteiger partial charge in [0.2, 0.25) is 0 Å². The summed E-state index contributed by atoms with van der Waals surface area (Å²) >= 11 is 0. The molecule has 0 radical (unpaired) electrons. The Morgan fingerprint density at radius 1 is 1.29 bits per heavy atom. The summed E-state index contributed by atoms with van der Waals surface area (Å²) in [7, 11) is -2.00. The number of benzene rings is 1. The molecule has 134 valence electrons. The van der Waals surface area contributed by atoms with Crippen LogP contribution >= 0.6 is 0 Å². The molecule has 1 aliphatic rings. The number of nitro benzene ring substituents is 1. The molecular formula is C16H25FN2O4Si. The highest BCUT2D eigenvalue weighted by Gasteiger charge is 2.43. The van der Waals surface area contributed by atoms with Crippen molar-refractivity contribution in [2.24, 2.45) is 0 Å². The van der Waals surface area contributed by atoms with Crippen LogP contribution in [0.1, 0.15) is 20.8 Å². The van der Waals surface area contributed by atoms with Crippen molar-refractivity contribution in [2.75, 3.05) is 13.1 Å². The van der Waals surface area contributed by atoms with Gasteiger partial charge >= 0.3 is 5.69 Å². The molecule has 1 heterocycles. The molecule has 1 aromatic carbocycles. The summed E-state index contributed by atoms with van der Waals surface area (Å²) < 4.78 is 25.6. The maximum atomic E-state index is 13.5. The smallest absolute Gasteiger partial charge is 0.311 e. The molecule has 0 bridgehead atoms. The average molecular weight is 356 g/mol. The first-order valence-corrected chi connectivity index (χ1v) is 10.9. The molecule has 0 aliphatic carbocycles. The average Bonchev–Trinajstić information content (AvgIpc) is 2.83. The Labute approximate surface area is 142 Å². The van der Waals surface area contributed by atoms with Gasteiger partial charge in [-0.1, -0.05) is 20.8 Å². The molecule has 6 nitrogen and oxygen atoms in total. The Morgan fingerprint density at radius 2 is 1.92 bits per heavy atom. The van der Waals surface area contributed by atoms with Gasteiger partial charge in [-0.25, -0.2) is 4.39 Å². The molecule has 0 spiro atoms. The molecule has 0 amide bonds. The molecule has 0 unspecified atom stereocenters. The zero-order valence-electron chi connectivity index (χ0n) is 14.8. The first kappa shape index (κ1) is 18.8. The highest BCUT2D eigenvalue weighted by atomic mass is 28.4. The minimum absolute atomic E-state index is 0.0466. The van der Waals surface area contributed by atoms with Crippen molar-refractivity contribution in [1.29, 1.82) is 0 Å². The minimum atomic E-state index is -2.00. The van der Waals surface area contributed by atoms with Gasteiger partial charge in [0.25, 0.3) is 0 Å². The van der Waals surface area contributed by atoms with E-state index in [1.54, 1.807) is 0 Å². The molecule has 2 atom stereocenters. The quantitative estimate of drug-likeness (QED) is 0.497. The number of nitro groups is 1. The Bertz CT molecular complexity index is 619. The lowest BCUT2D eigenvalue weighted by Crippen LogP contribution is -2.48. The second-order valence-corrected chi connectivity index (χ2v) is 12.4. The Kier molecular flexibility index (Phi) is 5.31. The van der Waals surface area contributed by atoms with E-state index in [9.17, 15) is 14.5 Å². The summed E-state index contributed by atoms with van der Waals surface area (Å²) in [5, 5.41) is 14.3. The van der Waals surface area contributed by atoms with Crippen molar-refractivity contribution in [3.8, 4) is 5.75 Å². The van der Waals surface area contributed by atoms with Gasteiger partial charge in [-0.3, -0.25) is 10.1 Å². The van der Waals surface area contributed by atoms with Crippen molar-refractivity contribution in [3.05, 3.63) is 34.1 Å². The van der Waals surface area contributed by atoms with E-state index in [0.29, 0.717) is 13.1 Å². The van der Waals surface area contributed by atoms with Gasteiger partial charge in [0.05, 0.1) is 11.0 Å². The lowest BCUT2D eigenvalue weighted by molar-refractivity contribution is -0.386. The Balaban J connectivity index is 2.18. The fourth-order valence-corrected chi connectivity index (χ4v) is 3.66. The van der Waals surface area contributed by atoms with E-state index >= 15 is 0 Å². The maximum absolute atomic E-state index is 13.5. The van der Waals surface area contributed by atoms with Crippen LogP contribution in [0, 0.1) is 15.9 Å². The molecule has 8 heteroatoms. The van der Waals surface area contributed by atoms with E-state index in [0.717, 1.165) is 18.2 Å². The highest BCUT2D eigenvalue weighted by molar-refractivity contribution is 6.74. The van der Waals surface area contributed by atoms with Crippen molar-refractivity contribution >= 4 is 14.0 Å². The number of hydrogen-bond donors (Lipinski definition) is 1. The van der Waals surface area contributed by atoms with Gasteiger partial charge in [-0.15, -0.1) is 0 Å². The first-order chi connectivity index (χ1) is 11.0. The lowest BCUT2D eigenvalue weighted by Gasteiger charge is -2.39. The zero-order chi connectivity index (χ0) is 18.1. The van der Waals surface area contributed by atoms with E-state index in [1.165, 1.54) is 0 Å².